The van der Waals surface area contributed by atoms with Crippen LogP contribution in [0.2, 0.25) is 0 Å². The van der Waals surface area contributed by atoms with E-state index in [1.54, 1.807) is 0 Å². The van der Waals surface area contributed by atoms with Crippen LogP contribution in [0.15, 0.2) is 41.4 Å². The summed E-state index contributed by atoms with van der Waals surface area (Å²) in [6, 6.07) is 8.63. The van der Waals surface area contributed by atoms with Crippen molar-refractivity contribution in [1.29, 1.82) is 0 Å². The fourth-order valence-electron chi connectivity index (χ4n) is 3.80. The molecular weight excluding hydrogens is 362 g/mol. The summed E-state index contributed by atoms with van der Waals surface area (Å²) in [6.07, 6.45) is 9.41. The van der Waals surface area contributed by atoms with Crippen molar-refractivity contribution in [3.8, 4) is 0 Å². The van der Waals surface area contributed by atoms with Gasteiger partial charge in [-0.25, -0.2) is 4.99 Å². The number of amides is 1. The van der Waals surface area contributed by atoms with Gasteiger partial charge in [0.25, 0.3) is 0 Å². The van der Waals surface area contributed by atoms with E-state index in [1.807, 2.05) is 4.90 Å². The highest BCUT2D eigenvalue weighted by atomic mass is 16.2. The fourth-order valence-corrected chi connectivity index (χ4v) is 3.80. The Bertz CT molecular complexity index is 707. The first-order valence-corrected chi connectivity index (χ1v) is 11.0. The molecule has 1 amide bonds. The Morgan fingerprint density at radius 3 is 2.83 bits per heavy atom. The quantitative estimate of drug-likeness (QED) is 0.306. The van der Waals surface area contributed by atoms with E-state index in [0.29, 0.717) is 18.9 Å². The van der Waals surface area contributed by atoms with E-state index in [-0.39, 0.29) is 0 Å². The highest BCUT2D eigenvalue weighted by molar-refractivity contribution is 5.79. The maximum atomic E-state index is 12.1. The van der Waals surface area contributed by atoms with Gasteiger partial charge in [-0.05, 0) is 43.9 Å². The van der Waals surface area contributed by atoms with Gasteiger partial charge >= 0.3 is 0 Å². The van der Waals surface area contributed by atoms with E-state index < -0.39 is 0 Å². The van der Waals surface area contributed by atoms with Gasteiger partial charge in [0.2, 0.25) is 5.91 Å². The minimum atomic E-state index is 0.316. The number of carbonyl (C=O) groups is 1. The topological polar surface area (TPSA) is 60.0 Å². The van der Waals surface area contributed by atoms with Gasteiger partial charge in [0.1, 0.15) is 0 Å². The van der Waals surface area contributed by atoms with Crippen molar-refractivity contribution < 1.29 is 4.79 Å². The number of hydrogen-bond donors (Lipinski definition) is 2. The normalized spacial score (nSPS) is 17.6. The third kappa shape index (κ3) is 6.80. The molecule has 0 aromatic heterocycles. The second-order valence-corrected chi connectivity index (χ2v) is 7.71. The van der Waals surface area contributed by atoms with Crippen LogP contribution < -0.4 is 15.5 Å². The molecule has 2 aliphatic rings. The summed E-state index contributed by atoms with van der Waals surface area (Å²) in [5, 5.41) is 6.73. The van der Waals surface area contributed by atoms with E-state index in [2.05, 4.69) is 58.9 Å². The minimum Gasteiger partial charge on any atom is -0.364 e. The van der Waals surface area contributed by atoms with Gasteiger partial charge in [-0.1, -0.05) is 30.7 Å². The molecule has 3 rings (SSSR count). The molecule has 0 bridgehead atoms. The Morgan fingerprint density at radius 2 is 2.00 bits per heavy atom. The second-order valence-electron chi connectivity index (χ2n) is 7.71. The van der Waals surface area contributed by atoms with Gasteiger partial charge < -0.3 is 20.4 Å². The molecule has 158 valence electrons. The number of nitrogens with zero attached hydrogens (tertiary/aromatic N) is 3. The maximum absolute atomic E-state index is 12.1. The highest BCUT2D eigenvalue weighted by Gasteiger charge is 2.15. The molecule has 0 aliphatic carbocycles. The average Bonchev–Trinajstić information content (AvgIpc) is 3.20. The maximum Gasteiger partial charge on any atom is 0.222 e. The van der Waals surface area contributed by atoms with Crippen molar-refractivity contribution in [2.24, 2.45) is 4.99 Å². The molecule has 1 aromatic rings. The first-order valence-electron chi connectivity index (χ1n) is 11.0. The fraction of sp³-hybridized carbons (Fsp3) is 0.565. The molecule has 2 N–H and O–H groups in total. The van der Waals surface area contributed by atoms with Crippen LogP contribution in [0.25, 0.3) is 0 Å². The second kappa shape index (κ2) is 11.5. The van der Waals surface area contributed by atoms with Crippen LogP contribution in [0.4, 0.5) is 5.69 Å². The number of aliphatic imine (C=N–C) groups is 1. The molecule has 2 aliphatic heterocycles. The van der Waals surface area contributed by atoms with Crippen LogP contribution in [-0.4, -0.2) is 56.0 Å². The van der Waals surface area contributed by atoms with Gasteiger partial charge in [0.05, 0.1) is 6.54 Å². The van der Waals surface area contributed by atoms with Crippen LogP contribution in [-0.2, 0) is 11.3 Å². The number of anilines is 1. The predicted octanol–water partition coefficient (Wildman–Crippen LogP) is 2.91. The molecule has 6 heteroatoms. The predicted molar refractivity (Wildman–Crippen MR) is 120 cm³/mol. The summed E-state index contributed by atoms with van der Waals surface area (Å²) in [5.74, 6) is 1.15. The Kier molecular flexibility index (Phi) is 8.40. The zero-order valence-electron chi connectivity index (χ0n) is 17.7. The largest absolute Gasteiger partial charge is 0.364 e. The zero-order chi connectivity index (χ0) is 20.3. The van der Waals surface area contributed by atoms with Crippen molar-refractivity contribution in [3.63, 3.8) is 0 Å². The number of likely N-dealkylation sites (tertiary alicyclic amines) is 1. The SMILES string of the molecule is CCNC(=NCc1cccc(N2CC=CC2)c1)NCCCN1CCCCCC1=O. The summed E-state index contributed by atoms with van der Waals surface area (Å²) in [7, 11) is 0. The van der Waals surface area contributed by atoms with Gasteiger partial charge in [-0.2, -0.15) is 0 Å². The monoisotopic (exact) mass is 397 g/mol. The molecule has 29 heavy (non-hydrogen) atoms. The molecule has 1 aromatic carbocycles. The standard InChI is InChI=1S/C23H35N5O/c1-2-24-23(25-13-9-17-28-16-5-3-4-12-22(28)29)26-19-20-10-8-11-21(18-20)27-14-6-7-15-27/h6-8,10-11,18H,2-5,9,12-17,19H2,1H3,(H2,24,25,26). The summed E-state index contributed by atoms with van der Waals surface area (Å²) in [5.41, 5.74) is 2.46. The average molecular weight is 398 g/mol. The molecule has 0 radical (unpaired) electrons. The summed E-state index contributed by atoms with van der Waals surface area (Å²) in [6.45, 7) is 8.08. The van der Waals surface area contributed by atoms with Gasteiger partial charge in [0, 0.05) is 51.4 Å². The van der Waals surface area contributed by atoms with Crippen molar-refractivity contribution >= 4 is 17.6 Å². The molecule has 6 nitrogen and oxygen atoms in total. The lowest BCUT2D eigenvalue weighted by molar-refractivity contribution is -0.130. The molecular formula is C23H35N5O. The molecule has 0 saturated carbocycles. The molecule has 2 heterocycles. The molecule has 1 fully saturated rings. The van der Waals surface area contributed by atoms with Crippen molar-refractivity contribution in [1.82, 2.24) is 15.5 Å². The van der Waals surface area contributed by atoms with Crippen LogP contribution >= 0.6 is 0 Å². The number of benzene rings is 1. The lowest BCUT2D eigenvalue weighted by atomic mass is 10.2. The first-order chi connectivity index (χ1) is 14.3. The lowest BCUT2D eigenvalue weighted by Gasteiger charge is -2.21. The number of nitrogens with one attached hydrogen (secondary N) is 2. The molecule has 0 atom stereocenters. The Hall–Kier alpha value is -2.50. The van der Waals surface area contributed by atoms with Crippen molar-refractivity contribution in [2.75, 3.05) is 44.2 Å². The Labute approximate surface area is 175 Å². The van der Waals surface area contributed by atoms with Crippen LogP contribution in [0.5, 0.6) is 0 Å². The molecule has 0 spiro atoms. The van der Waals surface area contributed by atoms with E-state index in [4.69, 9.17) is 4.99 Å². The Morgan fingerprint density at radius 1 is 1.14 bits per heavy atom. The molecule has 0 unspecified atom stereocenters. The van der Waals surface area contributed by atoms with Crippen molar-refractivity contribution in [3.05, 3.63) is 42.0 Å². The van der Waals surface area contributed by atoms with E-state index in [0.717, 1.165) is 64.5 Å². The van der Waals surface area contributed by atoms with Gasteiger partial charge in [-0.15, -0.1) is 0 Å². The number of hydrogen-bond acceptors (Lipinski definition) is 3. The minimum absolute atomic E-state index is 0.316. The van der Waals surface area contributed by atoms with Crippen molar-refractivity contribution in [2.45, 2.75) is 45.6 Å². The van der Waals surface area contributed by atoms with Gasteiger partial charge in [0.15, 0.2) is 5.96 Å². The third-order valence-corrected chi connectivity index (χ3v) is 5.43. The summed E-state index contributed by atoms with van der Waals surface area (Å²) in [4.78, 5) is 21.2. The third-order valence-electron chi connectivity index (χ3n) is 5.43. The smallest absolute Gasteiger partial charge is 0.222 e. The lowest BCUT2D eigenvalue weighted by Crippen LogP contribution is -2.39. The number of rotatable bonds is 8. The summed E-state index contributed by atoms with van der Waals surface area (Å²) >= 11 is 0. The summed E-state index contributed by atoms with van der Waals surface area (Å²) < 4.78 is 0. The molecule has 1 saturated heterocycles. The number of carbonyl (C=O) groups excluding carboxylic acids is 1. The first kappa shape index (κ1) is 21.2. The van der Waals surface area contributed by atoms with Crippen LogP contribution in [0, 0.1) is 0 Å². The van der Waals surface area contributed by atoms with Crippen LogP contribution in [0.3, 0.4) is 0 Å². The van der Waals surface area contributed by atoms with Gasteiger partial charge in [-0.3, -0.25) is 4.79 Å². The Balaban J connectivity index is 1.46. The number of guanidine groups is 1. The highest BCUT2D eigenvalue weighted by Crippen LogP contribution is 2.19. The van der Waals surface area contributed by atoms with E-state index in [9.17, 15) is 4.79 Å². The van der Waals surface area contributed by atoms with E-state index >= 15 is 0 Å². The van der Waals surface area contributed by atoms with Crippen LogP contribution in [0.1, 0.15) is 44.6 Å². The zero-order valence-corrected chi connectivity index (χ0v) is 17.7. The van der Waals surface area contributed by atoms with E-state index in [1.165, 1.54) is 17.7 Å².